The summed E-state index contributed by atoms with van der Waals surface area (Å²) >= 11 is 0. The number of benzene rings is 1. The smallest absolute Gasteiger partial charge is 0.460 e. The van der Waals surface area contributed by atoms with Gasteiger partial charge in [-0.05, 0) is 30.0 Å². The van der Waals surface area contributed by atoms with Crippen LogP contribution in [0.4, 0.5) is 10.5 Å². The second-order valence-electron chi connectivity index (χ2n) is 5.37. The monoisotopic (exact) mass is 414 g/mol. The lowest BCUT2D eigenvalue weighted by Crippen LogP contribution is -2.57. The average molecular weight is 415 g/mol. The molecule has 0 saturated heterocycles. The first-order chi connectivity index (χ1) is 12.4. The third kappa shape index (κ3) is 7.65. The highest BCUT2D eigenvalue weighted by atomic mass is 28.4. The molecule has 0 bridgehead atoms. The first-order valence-corrected chi connectivity index (χ1v) is 9.90. The molecule has 1 N–H and O–H groups in total. The van der Waals surface area contributed by atoms with E-state index in [1.54, 1.807) is 19.1 Å². The van der Waals surface area contributed by atoms with Crippen molar-refractivity contribution in [3.63, 3.8) is 0 Å². The molecule has 152 valence electrons. The fourth-order valence-corrected chi connectivity index (χ4v) is 3.65. The van der Waals surface area contributed by atoms with Crippen LogP contribution in [0.1, 0.15) is 6.92 Å². The molecular formula is C17H30N2O6Si2. The fourth-order valence-electron chi connectivity index (χ4n) is 2.05. The van der Waals surface area contributed by atoms with Crippen LogP contribution in [0.5, 0.6) is 0 Å². The largest absolute Gasteiger partial charge is 0.521 e. The summed E-state index contributed by atoms with van der Waals surface area (Å²) < 4.78 is 21.2. The molecule has 0 saturated carbocycles. The molecule has 0 spiro atoms. The summed E-state index contributed by atoms with van der Waals surface area (Å²) in [5.74, 6) is -0.497. The van der Waals surface area contributed by atoms with E-state index in [4.69, 9.17) is 18.0 Å². The van der Waals surface area contributed by atoms with Gasteiger partial charge in [0, 0.05) is 32.6 Å². The number of anilines is 1. The molecule has 0 aliphatic carbocycles. The van der Waals surface area contributed by atoms with Crippen LogP contribution < -0.4 is 10.2 Å². The maximum absolute atomic E-state index is 12.7. The number of nitrogens with one attached hydrogen (secondary N) is 1. The number of carbonyl (C=O) groups is 2. The minimum Gasteiger partial charge on any atom is -0.460 e. The van der Waals surface area contributed by atoms with Gasteiger partial charge in [-0.3, -0.25) is 4.90 Å². The lowest BCUT2D eigenvalue weighted by Gasteiger charge is -2.31. The molecule has 27 heavy (non-hydrogen) atoms. The number of carbonyl (C=O) groups excluding carboxylic acids is 2. The molecule has 0 heterocycles. The number of nitrogens with zero attached hydrogens (tertiary/aromatic N) is 1. The Kier molecular flexibility index (Phi) is 11.5. The Balaban J connectivity index is 0.00000676. The van der Waals surface area contributed by atoms with Crippen molar-refractivity contribution in [1.29, 1.82) is 0 Å². The van der Waals surface area contributed by atoms with Gasteiger partial charge in [-0.1, -0.05) is 24.8 Å². The molecule has 1 aromatic carbocycles. The highest BCUT2D eigenvalue weighted by Gasteiger charge is 2.42. The lowest BCUT2D eigenvalue weighted by atomic mass is 10.3. The Labute approximate surface area is 165 Å². The van der Waals surface area contributed by atoms with Gasteiger partial charge in [0.25, 0.3) is 0 Å². The molecule has 0 atom stereocenters. The number of amides is 2. The van der Waals surface area contributed by atoms with Crippen LogP contribution in [-0.4, -0.2) is 72.4 Å². The van der Waals surface area contributed by atoms with E-state index in [0.717, 1.165) is 0 Å². The number of ether oxygens (including phenoxy) is 1. The van der Waals surface area contributed by atoms with Crippen LogP contribution in [0.15, 0.2) is 42.5 Å². The summed E-state index contributed by atoms with van der Waals surface area (Å²) in [5.41, 5.74) is 0.963. The number of hydrogen-bond acceptors (Lipinski definition) is 6. The van der Waals surface area contributed by atoms with Gasteiger partial charge in [0.1, 0.15) is 6.61 Å². The number of hydrogen-bond donors (Lipinski definition) is 1. The molecule has 1 rings (SSSR count). The van der Waals surface area contributed by atoms with Crippen LogP contribution in [-0.2, 0) is 22.8 Å². The molecule has 0 radical (unpaired) electrons. The van der Waals surface area contributed by atoms with Gasteiger partial charge in [0.15, 0.2) is 0 Å². The first-order valence-electron chi connectivity index (χ1n) is 7.97. The number of para-hydroxylation sites is 1. The van der Waals surface area contributed by atoms with Gasteiger partial charge in [0.2, 0.25) is 0 Å². The van der Waals surface area contributed by atoms with Crippen molar-refractivity contribution in [2.24, 2.45) is 0 Å². The van der Waals surface area contributed by atoms with Crippen LogP contribution in [0.25, 0.3) is 0 Å². The van der Waals surface area contributed by atoms with E-state index in [1.807, 2.05) is 18.2 Å². The van der Waals surface area contributed by atoms with Crippen LogP contribution in [0, 0.1) is 0 Å². The Hall–Kier alpha value is -1.99. The molecule has 0 unspecified atom stereocenters. The number of rotatable bonds is 10. The molecule has 0 aliphatic rings. The topological polar surface area (TPSA) is 86.3 Å². The van der Waals surface area contributed by atoms with Crippen LogP contribution in [0.2, 0.25) is 0 Å². The molecular weight excluding hydrogens is 384 g/mol. The zero-order valence-electron chi connectivity index (χ0n) is 15.6. The van der Waals surface area contributed by atoms with Crippen molar-refractivity contribution in [3.05, 3.63) is 42.5 Å². The van der Waals surface area contributed by atoms with Crippen molar-refractivity contribution in [1.82, 2.24) is 5.32 Å². The zero-order valence-corrected chi connectivity index (χ0v) is 16.6. The lowest BCUT2D eigenvalue weighted by molar-refractivity contribution is -0.138. The van der Waals surface area contributed by atoms with Crippen molar-refractivity contribution < 1.29 is 27.6 Å². The molecule has 0 aromatic heterocycles. The predicted molar refractivity (Wildman–Crippen MR) is 111 cm³/mol. The number of urea groups is 1. The minimum absolute atomic E-state index is 0. The summed E-state index contributed by atoms with van der Waals surface area (Å²) in [6.07, 6.45) is 0.123. The first kappa shape index (κ1) is 25.0. The summed E-state index contributed by atoms with van der Waals surface area (Å²) in [6.45, 7) is 5.25. The minimum atomic E-state index is -3.04. The molecule has 0 aliphatic heterocycles. The van der Waals surface area contributed by atoms with Gasteiger partial charge in [-0.25, -0.2) is 9.59 Å². The highest BCUT2D eigenvalue weighted by molar-refractivity contribution is 6.61. The van der Waals surface area contributed by atoms with Gasteiger partial charge in [-0.15, -0.1) is 0 Å². The quantitative estimate of drug-likeness (QED) is 0.256. The highest BCUT2D eigenvalue weighted by Crippen LogP contribution is 2.18. The Morgan fingerprint density at radius 2 is 1.67 bits per heavy atom. The summed E-state index contributed by atoms with van der Waals surface area (Å²) in [5, 5.41) is 2.71. The summed E-state index contributed by atoms with van der Waals surface area (Å²) in [4.78, 5) is 25.5. The van der Waals surface area contributed by atoms with E-state index < -0.39 is 14.8 Å². The summed E-state index contributed by atoms with van der Waals surface area (Å²) in [6, 6.07) is 8.69. The van der Waals surface area contributed by atoms with E-state index in [0.29, 0.717) is 11.3 Å². The second-order valence-corrected chi connectivity index (χ2v) is 8.27. The van der Waals surface area contributed by atoms with Gasteiger partial charge < -0.3 is 23.3 Å². The van der Waals surface area contributed by atoms with E-state index in [9.17, 15) is 9.59 Å². The second kappa shape index (κ2) is 12.4. The summed E-state index contributed by atoms with van der Waals surface area (Å²) in [7, 11) is 1.41. The molecule has 2 amide bonds. The standard InChI is InChI=1S/C17H26N2O6Si.H4Si/c1-14(2)16(20)25-12-11-18-17(21)19(15-9-7-6-8-10-15)13-26(22-3,23-4)24-5;/h6-10H,1,11-13H2,2-5H3,(H,18,21);1H4. The Morgan fingerprint density at radius 1 is 1.11 bits per heavy atom. The molecule has 1 aromatic rings. The van der Waals surface area contributed by atoms with E-state index in [2.05, 4.69) is 11.9 Å². The maximum atomic E-state index is 12.7. The van der Waals surface area contributed by atoms with Crippen LogP contribution in [0.3, 0.4) is 0 Å². The van der Waals surface area contributed by atoms with Crippen LogP contribution >= 0.6 is 0 Å². The SMILES string of the molecule is C=C(C)C(=O)OCCNC(=O)N(C[Si](OC)(OC)OC)c1ccccc1.[SiH4]. The zero-order chi connectivity index (χ0) is 19.6. The average Bonchev–Trinajstić information content (AvgIpc) is 2.67. The maximum Gasteiger partial charge on any atom is 0.521 e. The van der Waals surface area contributed by atoms with Crippen molar-refractivity contribution in [2.75, 3.05) is 45.5 Å². The van der Waals surface area contributed by atoms with E-state index in [1.165, 1.54) is 26.2 Å². The van der Waals surface area contributed by atoms with E-state index in [-0.39, 0.29) is 36.3 Å². The Bertz CT molecular complexity index is 602. The fraction of sp³-hybridized carbons (Fsp3) is 0.412. The normalized spacial score (nSPS) is 10.5. The van der Waals surface area contributed by atoms with E-state index >= 15 is 0 Å². The van der Waals surface area contributed by atoms with Gasteiger partial charge in [0.05, 0.1) is 12.7 Å². The van der Waals surface area contributed by atoms with Gasteiger partial charge >= 0.3 is 20.8 Å². The number of esters is 1. The Morgan fingerprint density at radius 3 is 2.15 bits per heavy atom. The van der Waals surface area contributed by atoms with Crippen molar-refractivity contribution >= 4 is 37.5 Å². The van der Waals surface area contributed by atoms with Crippen molar-refractivity contribution in [2.45, 2.75) is 6.92 Å². The molecule has 10 heteroatoms. The van der Waals surface area contributed by atoms with Crippen molar-refractivity contribution in [3.8, 4) is 0 Å². The predicted octanol–water partition coefficient (Wildman–Crippen LogP) is 0.288. The third-order valence-corrected chi connectivity index (χ3v) is 6.13. The molecule has 0 fully saturated rings. The van der Waals surface area contributed by atoms with Gasteiger partial charge in [-0.2, -0.15) is 0 Å². The molecule has 8 nitrogen and oxygen atoms in total. The third-order valence-electron chi connectivity index (χ3n) is 3.56.